The lowest BCUT2D eigenvalue weighted by atomic mass is 9.90. The van der Waals surface area contributed by atoms with Gasteiger partial charge in [0, 0.05) is 51.1 Å². The van der Waals surface area contributed by atoms with E-state index in [1.807, 2.05) is 24.3 Å². The van der Waals surface area contributed by atoms with E-state index in [1.54, 1.807) is 0 Å². The van der Waals surface area contributed by atoms with Crippen LogP contribution in [0.5, 0.6) is 0 Å². The fraction of sp³-hybridized carbons (Fsp3) is 0.417. The average Bonchev–Trinajstić information content (AvgIpc) is 2.75. The van der Waals surface area contributed by atoms with Gasteiger partial charge in [0.2, 0.25) is 11.8 Å². The molecule has 4 rings (SSSR count). The number of amides is 2. The summed E-state index contributed by atoms with van der Waals surface area (Å²) >= 11 is 0. The van der Waals surface area contributed by atoms with E-state index in [4.69, 9.17) is 0 Å². The lowest BCUT2D eigenvalue weighted by molar-refractivity contribution is -0.134. The summed E-state index contributed by atoms with van der Waals surface area (Å²) < 4.78 is 26.6. The normalized spacial score (nSPS) is 21.5. The molecular formula is C24H27F2N3O2. The second-order valence-electron chi connectivity index (χ2n) is 8.43. The molecule has 2 fully saturated rings. The molecule has 2 aliphatic heterocycles. The summed E-state index contributed by atoms with van der Waals surface area (Å²) in [4.78, 5) is 25.4. The Morgan fingerprint density at radius 1 is 0.968 bits per heavy atom. The highest BCUT2D eigenvalue weighted by Crippen LogP contribution is 2.28. The Balaban J connectivity index is 1.26. The van der Waals surface area contributed by atoms with E-state index >= 15 is 0 Å². The molecule has 2 amide bonds. The molecule has 2 saturated heterocycles. The van der Waals surface area contributed by atoms with Crippen LogP contribution in [0.4, 0.5) is 14.5 Å². The number of alkyl halides is 2. The minimum absolute atomic E-state index is 0.0582. The zero-order valence-electron chi connectivity index (χ0n) is 17.4. The largest absolute Gasteiger partial charge is 0.381 e. The zero-order valence-corrected chi connectivity index (χ0v) is 17.4. The van der Waals surface area contributed by atoms with E-state index in [2.05, 4.69) is 39.8 Å². The Morgan fingerprint density at radius 2 is 1.61 bits per heavy atom. The first-order chi connectivity index (χ1) is 14.9. The summed E-state index contributed by atoms with van der Waals surface area (Å²) in [6.45, 7) is 2.23. The van der Waals surface area contributed by atoms with E-state index < -0.39 is 5.92 Å². The molecule has 7 heteroatoms. The Morgan fingerprint density at radius 3 is 2.26 bits per heavy atom. The van der Waals surface area contributed by atoms with Gasteiger partial charge in [-0.2, -0.15) is 0 Å². The lowest BCUT2D eigenvalue weighted by Gasteiger charge is -2.31. The van der Waals surface area contributed by atoms with E-state index in [-0.39, 0.29) is 30.6 Å². The maximum atomic E-state index is 13.3. The summed E-state index contributed by atoms with van der Waals surface area (Å²) in [5, 5.41) is 5.76. The number of anilines is 1. The van der Waals surface area contributed by atoms with E-state index in [9.17, 15) is 18.4 Å². The number of benzene rings is 2. The van der Waals surface area contributed by atoms with Gasteiger partial charge in [0.05, 0.1) is 5.92 Å². The summed E-state index contributed by atoms with van der Waals surface area (Å²) in [5.41, 5.74) is 4.12. The number of carbonyl (C=O) groups excluding carboxylic acids is 2. The number of carbonyl (C=O) groups is 2. The van der Waals surface area contributed by atoms with E-state index in [0.717, 1.165) is 22.4 Å². The molecule has 164 valence electrons. The molecule has 0 aliphatic carbocycles. The van der Waals surface area contributed by atoms with Crippen molar-refractivity contribution in [2.75, 3.05) is 18.4 Å². The number of piperidine rings is 2. The van der Waals surface area contributed by atoms with Crippen molar-refractivity contribution in [1.29, 1.82) is 0 Å². The molecule has 2 aliphatic rings. The smallest absolute Gasteiger partial charge is 0.250 e. The predicted octanol–water partition coefficient (Wildman–Crippen LogP) is 4.05. The van der Waals surface area contributed by atoms with Crippen molar-refractivity contribution in [3.63, 3.8) is 0 Å². The van der Waals surface area contributed by atoms with Gasteiger partial charge in [-0.05, 0) is 35.2 Å². The molecule has 0 bridgehead atoms. The number of hydrogen-bond acceptors (Lipinski definition) is 4. The van der Waals surface area contributed by atoms with Gasteiger partial charge in [-0.15, -0.1) is 0 Å². The number of likely N-dealkylation sites (tertiary alicyclic amines) is 1. The maximum absolute atomic E-state index is 13.3. The Bertz CT molecular complexity index is 919. The molecule has 5 nitrogen and oxygen atoms in total. The molecule has 2 aromatic rings. The topological polar surface area (TPSA) is 61.4 Å². The number of nitrogens with one attached hydrogen (secondary N) is 2. The average molecular weight is 427 g/mol. The molecule has 1 unspecified atom stereocenters. The number of hydrogen-bond donors (Lipinski definition) is 2. The van der Waals surface area contributed by atoms with Crippen molar-refractivity contribution < 1.29 is 18.4 Å². The van der Waals surface area contributed by atoms with Gasteiger partial charge in [-0.3, -0.25) is 19.8 Å². The first-order valence-electron chi connectivity index (χ1n) is 10.7. The molecule has 2 aromatic carbocycles. The van der Waals surface area contributed by atoms with Crippen molar-refractivity contribution in [1.82, 2.24) is 10.2 Å². The van der Waals surface area contributed by atoms with Crippen molar-refractivity contribution >= 4 is 17.5 Å². The molecule has 2 heterocycles. The van der Waals surface area contributed by atoms with Crippen LogP contribution in [0.3, 0.4) is 0 Å². The summed E-state index contributed by atoms with van der Waals surface area (Å²) in [6, 6.07) is 15.9. The predicted molar refractivity (Wildman–Crippen MR) is 115 cm³/mol. The Hall–Kier alpha value is -2.80. The molecule has 31 heavy (non-hydrogen) atoms. The Labute approximate surface area is 180 Å². The molecule has 0 spiro atoms. The summed E-state index contributed by atoms with van der Waals surface area (Å²) in [6.07, 6.45) is 0.801. The Kier molecular flexibility index (Phi) is 6.32. The molecular weight excluding hydrogens is 400 g/mol. The van der Waals surface area contributed by atoms with Crippen LogP contribution in [-0.4, -0.2) is 35.7 Å². The minimum atomic E-state index is -2.51. The summed E-state index contributed by atoms with van der Waals surface area (Å²) in [7, 11) is 0. The van der Waals surface area contributed by atoms with Crippen LogP contribution in [0.25, 0.3) is 0 Å². The van der Waals surface area contributed by atoms with Crippen LogP contribution in [0.15, 0.2) is 48.5 Å². The van der Waals surface area contributed by atoms with Gasteiger partial charge in [-0.25, -0.2) is 8.78 Å². The number of nitrogens with zero attached hydrogens (tertiary/aromatic N) is 1. The van der Waals surface area contributed by atoms with Crippen molar-refractivity contribution in [2.45, 2.75) is 50.6 Å². The van der Waals surface area contributed by atoms with Crippen molar-refractivity contribution in [3.8, 4) is 0 Å². The third-order valence-corrected chi connectivity index (χ3v) is 6.07. The van der Waals surface area contributed by atoms with Gasteiger partial charge in [-0.1, -0.05) is 36.4 Å². The molecule has 0 aromatic heterocycles. The SMILES string of the molecule is O=C1CCC(c2ccc(NCc3ccc(CN4CCC(F)(F)CC4)cc3)cc2)C(=O)N1. The van der Waals surface area contributed by atoms with Crippen molar-refractivity contribution in [3.05, 3.63) is 65.2 Å². The van der Waals surface area contributed by atoms with Crippen LogP contribution >= 0.6 is 0 Å². The highest BCUT2D eigenvalue weighted by Gasteiger charge is 2.33. The lowest BCUT2D eigenvalue weighted by Crippen LogP contribution is -2.39. The second kappa shape index (κ2) is 9.14. The van der Waals surface area contributed by atoms with Gasteiger partial charge >= 0.3 is 0 Å². The molecule has 0 saturated carbocycles. The first kappa shape index (κ1) is 21.4. The first-order valence-corrected chi connectivity index (χ1v) is 10.7. The fourth-order valence-electron chi connectivity index (χ4n) is 4.11. The van der Waals surface area contributed by atoms with E-state index in [1.165, 1.54) is 0 Å². The fourth-order valence-corrected chi connectivity index (χ4v) is 4.11. The number of halogens is 2. The highest BCUT2D eigenvalue weighted by molar-refractivity contribution is 6.00. The zero-order chi connectivity index (χ0) is 21.8. The number of rotatable bonds is 6. The minimum Gasteiger partial charge on any atom is -0.381 e. The third-order valence-electron chi connectivity index (χ3n) is 6.07. The standard InChI is InChI=1S/C24H27F2N3O2/c25-24(26)11-13-29(14-12-24)16-18-3-1-17(2-4-18)15-27-20-7-5-19(6-8-20)21-9-10-22(30)28-23(21)31/h1-8,21,27H,9-16H2,(H,28,30,31). The van der Waals surface area contributed by atoms with E-state index in [0.29, 0.717) is 39.0 Å². The monoisotopic (exact) mass is 427 g/mol. The third kappa shape index (κ3) is 5.67. The molecule has 1 atom stereocenters. The quantitative estimate of drug-likeness (QED) is 0.683. The maximum Gasteiger partial charge on any atom is 0.250 e. The van der Waals surface area contributed by atoms with Gasteiger partial charge in [0.15, 0.2) is 0 Å². The molecule has 2 N–H and O–H groups in total. The van der Waals surface area contributed by atoms with Crippen LogP contribution in [0.2, 0.25) is 0 Å². The van der Waals surface area contributed by atoms with Gasteiger partial charge < -0.3 is 5.32 Å². The summed E-state index contributed by atoms with van der Waals surface area (Å²) in [5.74, 6) is -3.21. The van der Waals surface area contributed by atoms with Crippen molar-refractivity contribution in [2.24, 2.45) is 0 Å². The molecule has 0 radical (unpaired) electrons. The van der Waals surface area contributed by atoms with Crippen LogP contribution < -0.4 is 10.6 Å². The van der Waals surface area contributed by atoms with Crippen LogP contribution in [-0.2, 0) is 22.7 Å². The number of imide groups is 1. The highest BCUT2D eigenvalue weighted by atomic mass is 19.3. The van der Waals surface area contributed by atoms with Gasteiger partial charge in [0.1, 0.15) is 0 Å². The van der Waals surface area contributed by atoms with Crippen LogP contribution in [0.1, 0.15) is 48.3 Å². The van der Waals surface area contributed by atoms with Gasteiger partial charge in [0.25, 0.3) is 5.92 Å². The second-order valence-corrected chi connectivity index (χ2v) is 8.43. The van der Waals surface area contributed by atoms with Crippen LogP contribution in [0, 0.1) is 0 Å².